The Morgan fingerprint density at radius 3 is 2.30 bits per heavy atom. The molecule has 1 rings (SSSR count). The van der Waals surface area contributed by atoms with Crippen molar-refractivity contribution in [2.24, 2.45) is 0 Å². The third kappa shape index (κ3) is 1.29. The molecule has 4 atom stereocenters. The van der Waals surface area contributed by atoms with Gasteiger partial charge in [-0.3, -0.25) is 0 Å². The van der Waals surface area contributed by atoms with Crippen molar-refractivity contribution in [2.75, 3.05) is 6.61 Å². The summed E-state index contributed by atoms with van der Waals surface area (Å²) in [6, 6.07) is 0. The van der Waals surface area contributed by atoms with Crippen LogP contribution >= 0.6 is 0 Å². The van der Waals surface area contributed by atoms with Crippen molar-refractivity contribution in [1.29, 1.82) is 0 Å². The summed E-state index contributed by atoms with van der Waals surface area (Å²) in [7, 11) is 0. The van der Waals surface area contributed by atoms with Gasteiger partial charge >= 0.3 is 0 Å². The number of rotatable bonds is 0. The Hall–Kier alpha value is -0.160. The molecule has 4 unspecified atom stereocenters. The molecule has 60 valence electrons. The largest absolute Gasteiger partial charge is 0.388 e. The van der Waals surface area contributed by atoms with Gasteiger partial charge < -0.3 is 20.1 Å². The first kappa shape index (κ1) is 7.94. The lowest BCUT2D eigenvalue weighted by Crippen LogP contribution is -2.51. The fourth-order valence-corrected chi connectivity index (χ4v) is 0.953. The molecule has 1 heterocycles. The van der Waals surface area contributed by atoms with Gasteiger partial charge in [0.2, 0.25) is 0 Å². The second-order valence-electron chi connectivity index (χ2n) is 2.59. The monoisotopic (exact) mass is 148 g/mol. The van der Waals surface area contributed by atoms with E-state index in [1.54, 1.807) is 6.92 Å². The van der Waals surface area contributed by atoms with Crippen molar-refractivity contribution in [3.63, 3.8) is 0 Å². The Labute approximate surface area is 59.1 Å². The predicted molar refractivity (Wildman–Crippen MR) is 33.4 cm³/mol. The fraction of sp³-hybridized carbons (Fsp3) is 1.00. The molecule has 1 fully saturated rings. The molecule has 4 heteroatoms. The fourth-order valence-electron chi connectivity index (χ4n) is 0.953. The molecule has 0 amide bonds. The lowest BCUT2D eigenvalue weighted by Gasteiger charge is -2.33. The van der Waals surface area contributed by atoms with Gasteiger partial charge in [-0.25, -0.2) is 0 Å². The van der Waals surface area contributed by atoms with Crippen LogP contribution in [0.2, 0.25) is 0 Å². The van der Waals surface area contributed by atoms with Gasteiger partial charge in [0.1, 0.15) is 18.3 Å². The summed E-state index contributed by atoms with van der Waals surface area (Å²) in [5, 5.41) is 27.0. The van der Waals surface area contributed by atoms with Crippen LogP contribution in [0, 0.1) is 0 Å². The van der Waals surface area contributed by atoms with Crippen LogP contribution in [0.25, 0.3) is 0 Å². The summed E-state index contributed by atoms with van der Waals surface area (Å²) in [5.41, 5.74) is 0. The highest BCUT2D eigenvalue weighted by molar-refractivity contribution is 4.83. The standard InChI is InChI=1S/C6H12O4/c1-3-5(8)6(9)4(7)2-10-3/h3-9H,2H2,1H3. The maximum Gasteiger partial charge on any atom is 0.110 e. The SMILES string of the molecule is CC1OCC(O)C(O)C1O. The summed E-state index contributed by atoms with van der Waals surface area (Å²) in [5.74, 6) is 0. The summed E-state index contributed by atoms with van der Waals surface area (Å²) in [6.07, 6.45) is -3.38. The summed E-state index contributed by atoms with van der Waals surface area (Å²) >= 11 is 0. The molecule has 0 aromatic rings. The van der Waals surface area contributed by atoms with E-state index >= 15 is 0 Å². The van der Waals surface area contributed by atoms with Crippen molar-refractivity contribution >= 4 is 0 Å². The van der Waals surface area contributed by atoms with E-state index in [0.29, 0.717) is 0 Å². The minimum atomic E-state index is -1.07. The van der Waals surface area contributed by atoms with E-state index in [9.17, 15) is 0 Å². The zero-order valence-corrected chi connectivity index (χ0v) is 5.77. The average Bonchev–Trinajstić information content (AvgIpc) is 1.93. The Bertz CT molecular complexity index is 102. The molecule has 0 spiro atoms. The maximum absolute atomic E-state index is 9.08. The number of hydrogen-bond acceptors (Lipinski definition) is 4. The van der Waals surface area contributed by atoms with Crippen LogP contribution in [-0.4, -0.2) is 46.3 Å². The second kappa shape index (κ2) is 2.84. The first-order chi connectivity index (χ1) is 4.63. The molecule has 0 saturated carbocycles. The molecule has 0 radical (unpaired) electrons. The van der Waals surface area contributed by atoms with Crippen molar-refractivity contribution in [1.82, 2.24) is 0 Å². The van der Waals surface area contributed by atoms with Crippen LogP contribution in [0.5, 0.6) is 0 Å². The zero-order chi connectivity index (χ0) is 7.72. The molecule has 1 aliphatic heterocycles. The molecular weight excluding hydrogens is 136 g/mol. The number of ether oxygens (including phenoxy) is 1. The van der Waals surface area contributed by atoms with Crippen LogP contribution in [0.15, 0.2) is 0 Å². The second-order valence-corrected chi connectivity index (χ2v) is 2.59. The van der Waals surface area contributed by atoms with Gasteiger partial charge in [0.25, 0.3) is 0 Å². The van der Waals surface area contributed by atoms with Crippen LogP contribution in [-0.2, 0) is 4.74 Å². The summed E-state index contributed by atoms with van der Waals surface area (Å²) in [6.45, 7) is 1.75. The Morgan fingerprint density at radius 1 is 1.20 bits per heavy atom. The van der Waals surface area contributed by atoms with Gasteiger partial charge in [-0.1, -0.05) is 0 Å². The Kier molecular flexibility index (Phi) is 2.25. The highest BCUT2D eigenvalue weighted by atomic mass is 16.5. The minimum Gasteiger partial charge on any atom is -0.388 e. The average molecular weight is 148 g/mol. The molecule has 1 saturated heterocycles. The lowest BCUT2D eigenvalue weighted by atomic mass is 10.0. The molecule has 0 aliphatic carbocycles. The highest BCUT2D eigenvalue weighted by Gasteiger charge is 2.34. The molecule has 0 bridgehead atoms. The van der Waals surface area contributed by atoms with Crippen molar-refractivity contribution in [2.45, 2.75) is 31.3 Å². The molecule has 10 heavy (non-hydrogen) atoms. The molecule has 3 N–H and O–H groups in total. The predicted octanol–water partition coefficient (Wildman–Crippen LogP) is -1.51. The Balaban J connectivity index is 2.52. The molecule has 4 nitrogen and oxygen atoms in total. The van der Waals surface area contributed by atoms with Gasteiger partial charge in [0.05, 0.1) is 12.7 Å². The minimum absolute atomic E-state index is 0.0966. The third-order valence-corrected chi connectivity index (χ3v) is 1.75. The molecule has 1 aliphatic rings. The van der Waals surface area contributed by atoms with Gasteiger partial charge in [0, 0.05) is 0 Å². The number of aliphatic hydroxyl groups excluding tert-OH is 3. The van der Waals surface area contributed by atoms with E-state index in [1.165, 1.54) is 0 Å². The van der Waals surface area contributed by atoms with E-state index in [-0.39, 0.29) is 6.61 Å². The zero-order valence-electron chi connectivity index (χ0n) is 5.77. The smallest absolute Gasteiger partial charge is 0.110 e. The van der Waals surface area contributed by atoms with Crippen molar-refractivity contribution in [3.05, 3.63) is 0 Å². The van der Waals surface area contributed by atoms with Gasteiger partial charge in [-0.2, -0.15) is 0 Å². The van der Waals surface area contributed by atoms with E-state index in [4.69, 9.17) is 20.1 Å². The third-order valence-electron chi connectivity index (χ3n) is 1.75. The van der Waals surface area contributed by atoms with Crippen LogP contribution < -0.4 is 0 Å². The quantitative estimate of drug-likeness (QED) is 0.390. The molecular formula is C6H12O4. The topological polar surface area (TPSA) is 69.9 Å². The van der Waals surface area contributed by atoms with Gasteiger partial charge in [-0.15, -0.1) is 0 Å². The van der Waals surface area contributed by atoms with Crippen molar-refractivity contribution in [3.8, 4) is 0 Å². The summed E-state index contributed by atoms with van der Waals surface area (Å²) < 4.78 is 4.91. The summed E-state index contributed by atoms with van der Waals surface area (Å²) in [4.78, 5) is 0. The first-order valence-corrected chi connectivity index (χ1v) is 3.28. The molecule has 0 aromatic heterocycles. The van der Waals surface area contributed by atoms with Crippen LogP contribution in [0.4, 0.5) is 0 Å². The lowest BCUT2D eigenvalue weighted by molar-refractivity contribution is -0.181. The number of aliphatic hydroxyl groups is 3. The van der Waals surface area contributed by atoms with Gasteiger partial charge in [-0.05, 0) is 6.92 Å². The van der Waals surface area contributed by atoms with Crippen LogP contribution in [0.1, 0.15) is 6.92 Å². The normalized spacial score (nSPS) is 49.2. The molecule has 0 aromatic carbocycles. The van der Waals surface area contributed by atoms with Crippen LogP contribution in [0.3, 0.4) is 0 Å². The number of hydrogen-bond donors (Lipinski definition) is 3. The van der Waals surface area contributed by atoms with E-state index < -0.39 is 24.4 Å². The van der Waals surface area contributed by atoms with E-state index in [0.717, 1.165) is 0 Å². The first-order valence-electron chi connectivity index (χ1n) is 3.28. The highest BCUT2D eigenvalue weighted by Crippen LogP contribution is 2.14. The van der Waals surface area contributed by atoms with E-state index in [2.05, 4.69) is 0 Å². The van der Waals surface area contributed by atoms with E-state index in [1.807, 2.05) is 0 Å². The van der Waals surface area contributed by atoms with Crippen molar-refractivity contribution < 1.29 is 20.1 Å². The maximum atomic E-state index is 9.08. The van der Waals surface area contributed by atoms with Gasteiger partial charge in [0.15, 0.2) is 0 Å². The Morgan fingerprint density at radius 2 is 1.80 bits per heavy atom.